The number of hydrogen-bond donors (Lipinski definition) is 2. The van der Waals surface area contributed by atoms with E-state index in [9.17, 15) is 0 Å². The van der Waals surface area contributed by atoms with Gasteiger partial charge in [-0.05, 0) is 17.7 Å². The summed E-state index contributed by atoms with van der Waals surface area (Å²) in [6.07, 6.45) is 0.842. The van der Waals surface area contributed by atoms with E-state index in [2.05, 4.69) is 32.2 Å². The van der Waals surface area contributed by atoms with Gasteiger partial charge in [0.1, 0.15) is 0 Å². The number of H-pyrrole nitrogens is 1. The molecule has 0 amide bonds. The normalized spacial score (nSPS) is 10.5. The van der Waals surface area contributed by atoms with E-state index >= 15 is 0 Å². The molecule has 0 fully saturated rings. The smallest absolute Gasteiger partial charge is 0.0760 e. The van der Waals surface area contributed by atoms with Gasteiger partial charge in [-0.3, -0.25) is 5.10 Å². The van der Waals surface area contributed by atoms with E-state index in [1.54, 1.807) is 0 Å². The summed E-state index contributed by atoms with van der Waals surface area (Å²) in [6, 6.07) is 10.2. The van der Waals surface area contributed by atoms with Crippen molar-refractivity contribution in [1.82, 2.24) is 10.2 Å². The summed E-state index contributed by atoms with van der Waals surface area (Å²) in [4.78, 5) is 0. The fourth-order valence-electron chi connectivity index (χ4n) is 1.45. The molecule has 0 aliphatic rings. The lowest BCUT2D eigenvalue weighted by Crippen LogP contribution is -1.95. The van der Waals surface area contributed by atoms with Crippen molar-refractivity contribution in [2.24, 2.45) is 5.73 Å². The van der Waals surface area contributed by atoms with Gasteiger partial charge >= 0.3 is 0 Å². The lowest BCUT2D eigenvalue weighted by Gasteiger charge is -2.01. The predicted molar refractivity (Wildman–Crippen MR) is 63.4 cm³/mol. The molecule has 0 saturated carbocycles. The second kappa shape index (κ2) is 4.59. The maximum atomic E-state index is 5.49. The molecule has 15 heavy (non-hydrogen) atoms. The molecule has 0 atom stereocenters. The molecule has 3 N–H and O–H groups in total. The Morgan fingerprint density at radius 3 is 2.80 bits per heavy atom. The number of nitrogens with one attached hydrogen (secondary N) is 1. The lowest BCUT2D eigenvalue weighted by molar-refractivity contribution is 0.928. The predicted octanol–water partition coefficient (Wildman–Crippen LogP) is 2.22. The second-order valence-corrected chi connectivity index (χ2v) is 4.21. The van der Waals surface area contributed by atoms with Crippen molar-refractivity contribution in [3.63, 3.8) is 0 Å². The summed E-state index contributed by atoms with van der Waals surface area (Å²) >= 11 is 3.52. The van der Waals surface area contributed by atoms with Gasteiger partial charge in [0, 0.05) is 23.1 Å². The third-order valence-corrected chi connectivity index (χ3v) is 3.01. The van der Waals surface area contributed by atoms with E-state index in [1.165, 1.54) is 5.56 Å². The molecule has 1 aromatic carbocycles. The molecule has 0 aliphatic heterocycles. The summed E-state index contributed by atoms with van der Waals surface area (Å²) in [5.41, 5.74) is 8.72. The SMILES string of the molecule is NCc1cc(Cc2ccccc2Br)[nH]n1. The van der Waals surface area contributed by atoms with Gasteiger partial charge in [0.25, 0.3) is 0 Å². The number of nitrogens with zero attached hydrogens (tertiary/aromatic N) is 1. The zero-order valence-corrected chi connectivity index (χ0v) is 9.79. The largest absolute Gasteiger partial charge is 0.325 e. The summed E-state index contributed by atoms with van der Waals surface area (Å²) < 4.78 is 1.12. The Hall–Kier alpha value is -1.13. The van der Waals surface area contributed by atoms with E-state index < -0.39 is 0 Å². The van der Waals surface area contributed by atoms with Crippen LogP contribution in [0.1, 0.15) is 17.0 Å². The molecular weight excluding hydrogens is 254 g/mol. The Labute approximate surface area is 96.8 Å². The number of aromatic amines is 1. The fourth-order valence-corrected chi connectivity index (χ4v) is 1.88. The maximum absolute atomic E-state index is 5.49. The highest BCUT2D eigenvalue weighted by atomic mass is 79.9. The molecule has 3 nitrogen and oxygen atoms in total. The topological polar surface area (TPSA) is 54.7 Å². The first-order valence-corrected chi connectivity index (χ1v) is 5.55. The molecule has 1 heterocycles. The van der Waals surface area contributed by atoms with Crippen LogP contribution in [-0.2, 0) is 13.0 Å². The zero-order valence-electron chi connectivity index (χ0n) is 8.20. The summed E-state index contributed by atoms with van der Waals surface area (Å²) in [6.45, 7) is 0.479. The lowest BCUT2D eigenvalue weighted by atomic mass is 10.1. The first-order chi connectivity index (χ1) is 7.29. The number of rotatable bonds is 3. The quantitative estimate of drug-likeness (QED) is 0.895. The van der Waals surface area contributed by atoms with Crippen molar-refractivity contribution in [2.45, 2.75) is 13.0 Å². The van der Waals surface area contributed by atoms with Crippen LogP contribution in [0.25, 0.3) is 0 Å². The van der Waals surface area contributed by atoms with Crippen LogP contribution in [-0.4, -0.2) is 10.2 Å². The molecule has 0 radical (unpaired) electrons. The van der Waals surface area contributed by atoms with Crippen LogP contribution >= 0.6 is 15.9 Å². The van der Waals surface area contributed by atoms with Gasteiger partial charge in [0.2, 0.25) is 0 Å². The second-order valence-electron chi connectivity index (χ2n) is 3.36. The van der Waals surface area contributed by atoms with E-state index in [4.69, 9.17) is 5.73 Å². The van der Waals surface area contributed by atoms with Crippen LogP contribution in [0, 0.1) is 0 Å². The molecule has 0 unspecified atom stereocenters. The Bertz CT molecular complexity index is 451. The van der Waals surface area contributed by atoms with Crippen molar-refractivity contribution in [1.29, 1.82) is 0 Å². The highest BCUT2D eigenvalue weighted by Crippen LogP contribution is 2.18. The Kier molecular flexibility index (Phi) is 3.18. The Morgan fingerprint density at radius 2 is 2.13 bits per heavy atom. The highest BCUT2D eigenvalue weighted by molar-refractivity contribution is 9.10. The standard InChI is InChI=1S/C11H12BrN3/c12-11-4-2-1-3-8(11)5-9-6-10(7-13)15-14-9/h1-4,6H,5,7,13H2,(H,14,15). The molecule has 0 aliphatic carbocycles. The number of aromatic nitrogens is 2. The highest BCUT2D eigenvalue weighted by Gasteiger charge is 2.03. The van der Waals surface area contributed by atoms with Gasteiger partial charge in [0.15, 0.2) is 0 Å². The van der Waals surface area contributed by atoms with E-state index in [0.717, 1.165) is 22.3 Å². The van der Waals surface area contributed by atoms with Gasteiger partial charge in [-0.2, -0.15) is 5.10 Å². The van der Waals surface area contributed by atoms with E-state index in [0.29, 0.717) is 6.54 Å². The van der Waals surface area contributed by atoms with Crippen molar-refractivity contribution in [2.75, 3.05) is 0 Å². The number of nitrogens with two attached hydrogens (primary N) is 1. The minimum atomic E-state index is 0.479. The third-order valence-electron chi connectivity index (χ3n) is 2.23. The first kappa shape index (κ1) is 10.4. The average molecular weight is 266 g/mol. The Morgan fingerprint density at radius 1 is 1.33 bits per heavy atom. The molecule has 1 aromatic heterocycles. The van der Waals surface area contributed by atoms with Crippen molar-refractivity contribution in [3.8, 4) is 0 Å². The average Bonchev–Trinajstić information content (AvgIpc) is 2.69. The van der Waals surface area contributed by atoms with Crippen LogP contribution in [0.2, 0.25) is 0 Å². The molecule has 78 valence electrons. The molecule has 0 spiro atoms. The minimum Gasteiger partial charge on any atom is -0.325 e. The number of benzene rings is 1. The number of hydrogen-bond acceptors (Lipinski definition) is 2. The molecule has 2 rings (SSSR count). The fraction of sp³-hybridized carbons (Fsp3) is 0.182. The van der Waals surface area contributed by atoms with Crippen LogP contribution in [0.15, 0.2) is 34.8 Å². The van der Waals surface area contributed by atoms with Crippen molar-refractivity contribution >= 4 is 15.9 Å². The summed E-state index contributed by atoms with van der Waals surface area (Å²) in [7, 11) is 0. The van der Waals surface area contributed by atoms with E-state index in [1.807, 2.05) is 24.3 Å². The van der Waals surface area contributed by atoms with Crippen LogP contribution in [0.5, 0.6) is 0 Å². The van der Waals surface area contributed by atoms with Crippen LogP contribution in [0.3, 0.4) is 0 Å². The molecule has 0 bridgehead atoms. The summed E-state index contributed by atoms with van der Waals surface area (Å²) in [5.74, 6) is 0. The number of halogens is 1. The summed E-state index contributed by atoms with van der Waals surface area (Å²) in [5, 5.41) is 7.08. The van der Waals surface area contributed by atoms with Gasteiger partial charge in [-0.15, -0.1) is 0 Å². The first-order valence-electron chi connectivity index (χ1n) is 4.76. The van der Waals surface area contributed by atoms with Crippen LogP contribution < -0.4 is 5.73 Å². The maximum Gasteiger partial charge on any atom is 0.0760 e. The molecule has 2 aromatic rings. The van der Waals surface area contributed by atoms with Gasteiger partial charge in [-0.1, -0.05) is 34.1 Å². The van der Waals surface area contributed by atoms with Gasteiger partial charge < -0.3 is 5.73 Å². The molecule has 0 saturated heterocycles. The van der Waals surface area contributed by atoms with Crippen molar-refractivity contribution < 1.29 is 0 Å². The van der Waals surface area contributed by atoms with Crippen molar-refractivity contribution in [3.05, 3.63) is 51.8 Å². The monoisotopic (exact) mass is 265 g/mol. The third kappa shape index (κ3) is 2.46. The Balaban J connectivity index is 2.18. The minimum absolute atomic E-state index is 0.479. The van der Waals surface area contributed by atoms with Crippen LogP contribution in [0.4, 0.5) is 0 Å². The molecular formula is C11H12BrN3. The van der Waals surface area contributed by atoms with E-state index in [-0.39, 0.29) is 0 Å². The molecule has 4 heteroatoms. The zero-order chi connectivity index (χ0) is 10.7. The van der Waals surface area contributed by atoms with Gasteiger partial charge in [-0.25, -0.2) is 0 Å². The van der Waals surface area contributed by atoms with Gasteiger partial charge in [0.05, 0.1) is 5.69 Å².